The first-order chi connectivity index (χ1) is 10.3. The Morgan fingerprint density at radius 3 is 2.86 bits per heavy atom. The van der Waals surface area contributed by atoms with E-state index >= 15 is 0 Å². The van der Waals surface area contributed by atoms with Crippen LogP contribution in [0.4, 0.5) is 0 Å². The number of carbonyl (C=O) groups excluding carboxylic acids is 1. The molecule has 0 aliphatic heterocycles. The topological polar surface area (TPSA) is 42.2 Å². The normalized spacial score (nSPS) is 17.0. The largest absolute Gasteiger partial charge is 0.469 e. The Kier molecular flexibility index (Phi) is 4.76. The van der Waals surface area contributed by atoms with E-state index in [2.05, 4.69) is 22.8 Å². The molecule has 0 unspecified atom stereocenters. The molecule has 2 aromatic rings. The zero-order valence-electron chi connectivity index (χ0n) is 12.1. The molecule has 4 heteroatoms. The van der Waals surface area contributed by atoms with Crippen LogP contribution in [0.1, 0.15) is 48.8 Å². The van der Waals surface area contributed by atoms with Gasteiger partial charge in [-0.25, -0.2) is 0 Å². The van der Waals surface area contributed by atoms with E-state index in [1.807, 2.05) is 12.1 Å². The molecule has 2 aromatic heterocycles. The number of rotatable bonds is 6. The third kappa shape index (κ3) is 3.76. The van der Waals surface area contributed by atoms with Gasteiger partial charge in [0.1, 0.15) is 5.76 Å². The van der Waals surface area contributed by atoms with E-state index in [1.54, 1.807) is 17.6 Å². The van der Waals surface area contributed by atoms with Crippen LogP contribution in [0.15, 0.2) is 40.3 Å². The zero-order chi connectivity index (χ0) is 14.5. The molecule has 1 fully saturated rings. The maximum atomic E-state index is 12.3. The van der Waals surface area contributed by atoms with Crippen LogP contribution in [0.5, 0.6) is 0 Å². The number of furan rings is 1. The molecule has 0 bridgehead atoms. The van der Waals surface area contributed by atoms with E-state index in [-0.39, 0.29) is 11.9 Å². The molecule has 0 radical (unpaired) electrons. The molecule has 1 aliphatic carbocycles. The quantitative estimate of drug-likeness (QED) is 0.863. The van der Waals surface area contributed by atoms with Gasteiger partial charge in [-0.3, -0.25) is 4.79 Å². The number of nitrogens with one attached hydrogen (secondary N) is 1. The Balaban J connectivity index is 1.59. The minimum atomic E-state index is 0.122. The highest BCUT2D eigenvalue weighted by Crippen LogP contribution is 2.37. The Hall–Kier alpha value is -1.55. The fourth-order valence-corrected chi connectivity index (χ4v) is 3.99. The van der Waals surface area contributed by atoms with Crippen LogP contribution in [0.3, 0.4) is 0 Å². The number of hydrogen-bond acceptors (Lipinski definition) is 3. The predicted octanol–water partition coefficient (Wildman–Crippen LogP) is 4.32. The molecule has 0 spiro atoms. The van der Waals surface area contributed by atoms with Crippen LogP contribution in [-0.4, -0.2) is 5.91 Å². The first-order valence-electron chi connectivity index (χ1n) is 7.68. The lowest BCUT2D eigenvalue weighted by atomic mass is 9.96. The molecule has 0 saturated heterocycles. The summed E-state index contributed by atoms with van der Waals surface area (Å²) < 4.78 is 5.28. The summed E-state index contributed by atoms with van der Waals surface area (Å²) in [4.78, 5) is 13.5. The molecule has 1 amide bonds. The third-order valence-corrected chi connectivity index (χ3v) is 5.17. The van der Waals surface area contributed by atoms with Crippen LogP contribution in [0, 0.1) is 5.92 Å². The highest BCUT2D eigenvalue weighted by atomic mass is 32.1. The number of amides is 1. The van der Waals surface area contributed by atoms with Crippen LogP contribution in [0.25, 0.3) is 0 Å². The van der Waals surface area contributed by atoms with Crippen molar-refractivity contribution >= 4 is 17.2 Å². The fraction of sp³-hybridized carbons (Fsp3) is 0.471. The molecular formula is C17H21NO2S. The lowest BCUT2D eigenvalue weighted by molar-refractivity contribution is -0.122. The van der Waals surface area contributed by atoms with E-state index in [0.29, 0.717) is 18.8 Å². The van der Waals surface area contributed by atoms with E-state index < -0.39 is 0 Å². The Morgan fingerprint density at radius 2 is 2.19 bits per heavy atom. The standard InChI is InChI=1S/C17H21NO2S/c19-16(10-9-14-7-3-11-20-14)18-17(13-5-1-2-6-13)15-8-4-12-21-15/h3-4,7-8,11-13,17H,1-2,5-6,9-10H2,(H,18,19)/t17-/m0/s1. The lowest BCUT2D eigenvalue weighted by Gasteiger charge is -2.23. The zero-order valence-corrected chi connectivity index (χ0v) is 12.9. The first-order valence-corrected chi connectivity index (χ1v) is 8.56. The van der Waals surface area contributed by atoms with Gasteiger partial charge < -0.3 is 9.73 Å². The maximum absolute atomic E-state index is 12.3. The average molecular weight is 303 g/mol. The highest BCUT2D eigenvalue weighted by Gasteiger charge is 2.28. The smallest absolute Gasteiger partial charge is 0.220 e. The minimum Gasteiger partial charge on any atom is -0.469 e. The van der Waals surface area contributed by atoms with Gasteiger partial charge in [-0.1, -0.05) is 18.9 Å². The van der Waals surface area contributed by atoms with Gasteiger partial charge in [0.15, 0.2) is 0 Å². The van der Waals surface area contributed by atoms with Crippen molar-refractivity contribution in [3.8, 4) is 0 Å². The summed E-state index contributed by atoms with van der Waals surface area (Å²) in [5, 5.41) is 5.34. The van der Waals surface area contributed by atoms with Gasteiger partial charge in [-0.15, -0.1) is 11.3 Å². The van der Waals surface area contributed by atoms with Crippen molar-refractivity contribution in [1.82, 2.24) is 5.32 Å². The number of hydrogen-bond donors (Lipinski definition) is 1. The third-order valence-electron chi connectivity index (χ3n) is 4.22. The van der Waals surface area contributed by atoms with Crippen molar-refractivity contribution in [2.24, 2.45) is 5.92 Å². The Bertz CT molecular complexity index is 541. The summed E-state index contributed by atoms with van der Waals surface area (Å²) in [6.45, 7) is 0. The molecular weight excluding hydrogens is 282 g/mol. The SMILES string of the molecule is O=C(CCc1ccco1)N[C@H](c1cccs1)C1CCCC1. The van der Waals surface area contributed by atoms with Gasteiger partial charge in [0, 0.05) is 17.7 Å². The molecule has 1 saturated carbocycles. The molecule has 3 rings (SSSR count). The molecule has 3 nitrogen and oxygen atoms in total. The average Bonchev–Trinajstić information content (AvgIpc) is 3.26. The molecule has 1 N–H and O–H groups in total. The van der Waals surface area contributed by atoms with Crippen LogP contribution in [0.2, 0.25) is 0 Å². The number of carbonyl (C=O) groups is 1. The van der Waals surface area contributed by atoms with Gasteiger partial charge in [-0.2, -0.15) is 0 Å². The van der Waals surface area contributed by atoms with E-state index in [4.69, 9.17) is 4.42 Å². The van der Waals surface area contributed by atoms with Crippen molar-refractivity contribution in [3.63, 3.8) is 0 Å². The van der Waals surface area contributed by atoms with Crippen LogP contribution >= 0.6 is 11.3 Å². The molecule has 21 heavy (non-hydrogen) atoms. The van der Waals surface area contributed by atoms with Gasteiger partial charge in [-0.05, 0) is 42.3 Å². The highest BCUT2D eigenvalue weighted by molar-refractivity contribution is 7.10. The van der Waals surface area contributed by atoms with Crippen molar-refractivity contribution < 1.29 is 9.21 Å². The molecule has 1 aliphatic rings. The van der Waals surface area contributed by atoms with Crippen molar-refractivity contribution in [2.45, 2.75) is 44.6 Å². The van der Waals surface area contributed by atoms with E-state index in [1.165, 1.54) is 30.6 Å². The summed E-state index contributed by atoms with van der Waals surface area (Å²) in [5.74, 6) is 1.59. The summed E-state index contributed by atoms with van der Waals surface area (Å²) in [6.07, 6.45) is 7.83. The second kappa shape index (κ2) is 6.94. The monoisotopic (exact) mass is 303 g/mol. The van der Waals surface area contributed by atoms with Crippen LogP contribution in [-0.2, 0) is 11.2 Å². The summed E-state index contributed by atoms with van der Waals surface area (Å²) in [6, 6.07) is 8.18. The van der Waals surface area contributed by atoms with Gasteiger partial charge in [0.05, 0.1) is 12.3 Å². The van der Waals surface area contributed by atoms with Gasteiger partial charge in [0.2, 0.25) is 5.91 Å². The molecule has 1 atom stereocenters. The Morgan fingerprint density at radius 1 is 1.33 bits per heavy atom. The summed E-state index contributed by atoms with van der Waals surface area (Å²) in [7, 11) is 0. The van der Waals surface area contributed by atoms with Gasteiger partial charge >= 0.3 is 0 Å². The molecule has 0 aromatic carbocycles. The Labute approximate surface area is 129 Å². The lowest BCUT2D eigenvalue weighted by Crippen LogP contribution is -2.32. The van der Waals surface area contributed by atoms with Gasteiger partial charge in [0.25, 0.3) is 0 Å². The van der Waals surface area contributed by atoms with E-state index in [0.717, 1.165) is 5.76 Å². The second-order valence-electron chi connectivity index (χ2n) is 5.68. The number of aryl methyl sites for hydroxylation is 1. The van der Waals surface area contributed by atoms with Crippen molar-refractivity contribution in [3.05, 3.63) is 46.5 Å². The van der Waals surface area contributed by atoms with E-state index in [9.17, 15) is 4.79 Å². The van der Waals surface area contributed by atoms with Crippen LogP contribution < -0.4 is 5.32 Å². The molecule has 2 heterocycles. The summed E-state index contributed by atoms with van der Waals surface area (Å²) >= 11 is 1.74. The summed E-state index contributed by atoms with van der Waals surface area (Å²) in [5.41, 5.74) is 0. The minimum absolute atomic E-state index is 0.122. The first kappa shape index (κ1) is 14.4. The van der Waals surface area contributed by atoms with Crippen molar-refractivity contribution in [2.75, 3.05) is 0 Å². The fourth-order valence-electron chi connectivity index (χ4n) is 3.12. The second-order valence-corrected chi connectivity index (χ2v) is 6.66. The van der Waals surface area contributed by atoms with Crippen molar-refractivity contribution in [1.29, 1.82) is 0 Å². The predicted molar refractivity (Wildman–Crippen MR) is 84.2 cm³/mol. The maximum Gasteiger partial charge on any atom is 0.220 e. The number of thiophene rings is 1. The molecule has 112 valence electrons.